The van der Waals surface area contributed by atoms with Gasteiger partial charge in [0.15, 0.2) is 5.82 Å². The quantitative estimate of drug-likeness (QED) is 0.931. The summed E-state index contributed by atoms with van der Waals surface area (Å²) in [6, 6.07) is 8.00. The van der Waals surface area contributed by atoms with Crippen LogP contribution >= 0.6 is 0 Å². The third-order valence-corrected chi connectivity index (χ3v) is 2.84. The number of nitrogens with zero attached hydrogens (tertiary/aromatic N) is 3. The summed E-state index contributed by atoms with van der Waals surface area (Å²) in [7, 11) is 3.77. The van der Waals surface area contributed by atoms with Gasteiger partial charge < -0.3 is 10.2 Å². The monoisotopic (exact) mass is 270 g/mol. The van der Waals surface area contributed by atoms with Gasteiger partial charge >= 0.3 is 0 Å². The third kappa shape index (κ3) is 2.93. The second kappa shape index (κ2) is 5.69. The third-order valence-electron chi connectivity index (χ3n) is 2.84. The van der Waals surface area contributed by atoms with Crippen LogP contribution in [0.25, 0.3) is 11.3 Å². The molecule has 0 fully saturated rings. The Morgan fingerprint density at radius 1 is 1.25 bits per heavy atom. The number of amides is 1. The number of carbonyl (C=O) groups is 1. The molecule has 0 bridgehead atoms. The zero-order valence-electron chi connectivity index (χ0n) is 12.1. The van der Waals surface area contributed by atoms with Gasteiger partial charge in [-0.15, -0.1) is 0 Å². The molecule has 20 heavy (non-hydrogen) atoms. The van der Waals surface area contributed by atoms with Crippen molar-refractivity contribution in [2.24, 2.45) is 0 Å². The molecule has 2 rings (SSSR count). The highest BCUT2D eigenvalue weighted by Gasteiger charge is 2.15. The number of hydrogen-bond donors (Lipinski definition) is 1. The number of nitrogens with one attached hydrogen (secondary N) is 1. The lowest BCUT2D eigenvalue weighted by Crippen LogP contribution is -2.17. The van der Waals surface area contributed by atoms with Crippen molar-refractivity contribution in [1.29, 1.82) is 0 Å². The molecule has 1 N–H and O–H groups in total. The zero-order chi connectivity index (χ0) is 14.7. The first-order valence-electron chi connectivity index (χ1n) is 6.36. The van der Waals surface area contributed by atoms with Crippen LogP contribution in [-0.4, -0.2) is 30.0 Å². The van der Waals surface area contributed by atoms with E-state index in [-0.39, 0.29) is 5.91 Å². The fraction of sp³-hybridized carbons (Fsp3) is 0.267. The molecule has 1 aromatic carbocycles. The van der Waals surface area contributed by atoms with Gasteiger partial charge in [-0.3, -0.25) is 4.79 Å². The van der Waals surface area contributed by atoms with Crippen molar-refractivity contribution in [3.63, 3.8) is 0 Å². The van der Waals surface area contributed by atoms with Gasteiger partial charge in [0, 0.05) is 26.6 Å². The normalized spacial score (nSPS) is 10.2. The van der Waals surface area contributed by atoms with E-state index in [1.54, 1.807) is 0 Å². The molecule has 104 valence electrons. The molecule has 0 aliphatic carbocycles. The van der Waals surface area contributed by atoms with Gasteiger partial charge in [0.1, 0.15) is 12.0 Å². The van der Waals surface area contributed by atoms with E-state index in [0.29, 0.717) is 11.5 Å². The lowest BCUT2D eigenvalue weighted by molar-refractivity contribution is -0.114. The average Bonchev–Trinajstić information content (AvgIpc) is 2.38. The molecule has 0 aliphatic heterocycles. The van der Waals surface area contributed by atoms with Crippen molar-refractivity contribution in [3.05, 3.63) is 36.2 Å². The smallest absolute Gasteiger partial charge is 0.221 e. The SMILES string of the molecule is CC(=O)Nc1c(-c2cccc(C)c2)ncnc1N(C)C. The number of benzene rings is 1. The van der Waals surface area contributed by atoms with E-state index in [1.165, 1.54) is 13.3 Å². The highest BCUT2D eigenvalue weighted by atomic mass is 16.1. The molecule has 0 saturated heterocycles. The second-order valence-corrected chi connectivity index (χ2v) is 4.87. The maximum Gasteiger partial charge on any atom is 0.221 e. The van der Waals surface area contributed by atoms with E-state index in [9.17, 15) is 4.79 Å². The van der Waals surface area contributed by atoms with E-state index >= 15 is 0 Å². The maximum absolute atomic E-state index is 11.5. The first-order chi connectivity index (χ1) is 9.49. The van der Waals surface area contributed by atoms with E-state index in [4.69, 9.17) is 0 Å². The van der Waals surface area contributed by atoms with Crippen LogP contribution in [0.4, 0.5) is 11.5 Å². The summed E-state index contributed by atoms with van der Waals surface area (Å²) in [5, 5.41) is 2.84. The minimum Gasteiger partial charge on any atom is -0.361 e. The molecule has 5 heteroatoms. The molecule has 5 nitrogen and oxygen atoms in total. The molecule has 2 aromatic rings. The van der Waals surface area contributed by atoms with Crippen LogP contribution in [0.2, 0.25) is 0 Å². The number of anilines is 2. The Morgan fingerprint density at radius 2 is 2.00 bits per heavy atom. The van der Waals surface area contributed by atoms with Gasteiger partial charge in [0.05, 0.1) is 5.69 Å². The summed E-state index contributed by atoms with van der Waals surface area (Å²) in [5.41, 5.74) is 3.46. The number of aromatic nitrogens is 2. The van der Waals surface area contributed by atoms with Crippen molar-refractivity contribution in [2.75, 3.05) is 24.3 Å². The van der Waals surface area contributed by atoms with Crippen molar-refractivity contribution >= 4 is 17.4 Å². The lowest BCUT2D eigenvalue weighted by Gasteiger charge is -2.18. The van der Waals surface area contributed by atoms with Crippen molar-refractivity contribution in [1.82, 2.24) is 9.97 Å². The Labute approximate surface area is 118 Å². The van der Waals surface area contributed by atoms with Crippen molar-refractivity contribution < 1.29 is 4.79 Å². The molecule has 1 aromatic heterocycles. The van der Waals surface area contributed by atoms with Gasteiger partial charge in [0.2, 0.25) is 5.91 Å². The minimum atomic E-state index is -0.142. The number of carbonyl (C=O) groups excluding carboxylic acids is 1. The summed E-state index contributed by atoms with van der Waals surface area (Å²) in [6.07, 6.45) is 1.51. The van der Waals surface area contributed by atoms with Crippen LogP contribution in [0.15, 0.2) is 30.6 Å². The topological polar surface area (TPSA) is 58.1 Å². The van der Waals surface area contributed by atoms with E-state index in [2.05, 4.69) is 15.3 Å². The fourth-order valence-corrected chi connectivity index (χ4v) is 2.02. The van der Waals surface area contributed by atoms with E-state index in [0.717, 1.165) is 16.8 Å². The largest absolute Gasteiger partial charge is 0.361 e. The molecule has 0 atom stereocenters. The van der Waals surface area contributed by atoms with Gasteiger partial charge in [-0.05, 0) is 13.0 Å². The standard InChI is InChI=1S/C15H18N4O/c1-10-6-5-7-12(8-10)13-14(18-11(2)20)15(19(3)4)17-9-16-13/h5-9H,1-4H3,(H,18,20). The number of hydrogen-bond acceptors (Lipinski definition) is 4. The molecule has 1 heterocycles. The highest BCUT2D eigenvalue weighted by molar-refractivity contribution is 5.97. The number of aryl methyl sites for hydroxylation is 1. The molecule has 0 unspecified atom stereocenters. The first-order valence-corrected chi connectivity index (χ1v) is 6.36. The van der Waals surface area contributed by atoms with Crippen LogP contribution in [0, 0.1) is 6.92 Å². The molecule has 1 amide bonds. The molecule has 0 aliphatic rings. The molecule has 0 spiro atoms. The minimum absolute atomic E-state index is 0.142. The summed E-state index contributed by atoms with van der Waals surface area (Å²) >= 11 is 0. The first kappa shape index (κ1) is 14.0. The van der Waals surface area contributed by atoms with Crippen LogP contribution in [0.3, 0.4) is 0 Å². The van der Waals surface area contributed by atoms with E-state index < -0.39 is 0 Å². The van der Waals surface area contributed by atoms with Crippen LogP contribution < -0.4 is 10.2 Å². The Morgan fingerprint density at radius 3 is 2.60 bits per heavy atom. The Bertz CT molecular complexity index is 638. The molecule has 0 saturated carbocycles. The summed E-state index contributed by atoms with van der Waals surface area (Å²) in [4.78, 5) is 21.9. The maximum atomic E-state index is 11.5. The average molecular weight is 270 g/mol. The van der Waals surface area contributed by atoms with Crippen LogP contribution in [-0.2, 0) is 4.79 Å². The van der Waals surface area contributed by atoms with Gasteiger partial charge in [-0.25, -0.2) is 9.97 Å². The Balaban J connectivity index is 2.62. The predicted molar refractivity (Wildman–Crippen MR) is 80.8 cm³/mol. The Kier molecular flexibility index (Phi) is 3.98. The van der Waals surface area contributed by atoms with Crippen molar-refractivity contribution in [2.45, 2.75) is 13.8 Å². The van der Waals surface area contributed by atoms with Crippen LogP contribution in [0.1, 0.15) is 12.5 Å². The van der Waals surface area contributed by atoms with Gasteiger partial charge in [-0.2, -0.15) is 0 Å². The summed E-state index contributed by atoms with van der Waals surface area (Å²) in [6.45, 7) is 3.50. The lowest BCUT2D eigenvalue weighted by atomic mass is 10.1. The van der Waals surface area contributed by atoms with Gasteiger partial charge in [-0.1, -0.05) is 23.8 Å². The van der Waals surface area contributed by atoms with Crippen LogP contribution in [0.5, 0.6) is 0 Å². The zero-order valence-corrected chi connectivity index (χ0v) is 12.1. The Hall–Kier alpha value is -2.43. The highest BCUT2D eigenvalue weighted by Crippen LogP contribution is 2.32. The molecular formula is C15H18N4O. The van der Waals surface area contributed by atoms with Gasteiger partial charge in [0.25, 0.3) is 0 Å². The van der Waals surface area contributed by atoms with E-state index in [1.807, 2.05) is 50.2 Å². The fourth-order valence-electron chi connectivity index (χ4n) is 2.02. The summed E-state index contributed by atoms with van der Waals surface area (Å²) < 4.78 is 0. The molecular weight excluding hydrogens is 252 g/mol. The van der Waals surface area contributed by atoms with Crippen molar-refractivity contribution in [3.8, 4) is 11.3 Å². The predicted octanol–water partition coefficient (Wildman–Crippen LogP) is 2.48. The number of rotatable bonds is 3. The summed E-state index contributed by atoms with van der Waals surface area (Å²) in [5.74, 6) is 0.545. The molecule has 0 radical (unpaired) electrons. The second-order valence-electron chi connectivity index (χ2n) is 4.87.